The maximum absolute atomic E-state index is 12.9. The Morgan fingerprint density at radius 1 is 1.03 bits per heavy atom. The van der Waals surface area contributed by atoms with Crippen molar-refractivity contribution in [3.63, 3.8) is 0 Å². The third kappa shape index (κ3) is 7.26. The molecule has 2 atom stereocenters. The van der Waals surface area contributed by atoms with Gasteiger partial charge in [0.15, 0.2) is 0 Å². The number of rotatable bonds is 8. The van der Waals surface area contributed by atoms with Gasteiger partial charge in [-0.25, -0.2) is 4.98 Å². The van der Waals surface area contributed by atoms with E-state index in [2.05, 4.69) is 21.7 Å². The average Bonchev–Trinajstić information content (AvgIpc) is 3.32. The monoisotopic (exact) mass is 489 g/mol. The molecule has 2 N–H and O–H groups in total. The van der Waals surface area contributed by atoms with E-state index < -0.39 is 0 Å². The van der Waals surface area contributed by atoms with Gasteiger partial charge in [-0.05, 0) is 61.6 Å². The van der Waals surface area contributed by atoms with Gasteiger partial charge >= 0.3 is 0 Å². The molecule has 1 aromatic heterocycles. The van der Waals surface area contributed by atoms with Crippen molar-refractivity contribution in [3.8, 4) is 5.75 Å². The lowest BCUT2D eigenvalue weighted by molar-refractivity contribution is -0.117. The first-order valence-electron chi connectivity index (χ1n) is 12.0. The van der Waals surface area contributed by atoms with Crippen LogP contribution in [0.5, 0.6) is 5.75 Å². The van der Waals surface area contributed by atoms with Gasteiger partial charge in [-0.15, -0.1) is 11.3 Å². The first-order valence-corrected chi connectivity index (χ1v) is 12.8. The van der Waals surface area contributed by atoms with Gasteiger partial charge in [-0.2, -0.15) is 0 Å². The summed E-state index contributed by atoms with van der Waals surface area (Å²) in [6.07, 6.45) is 7.04. The molecule has 1 heterocycles. The lowest BCUT2D eigenvalue weighted by Gasteiger charge is -2.32. The van der Waals surface area contributed by atoms with Crippen molar-refractivity contribution in [3.05, 3.63) is 87.4 Å². The Morgan fingerprint density at radius 2 is 1.71 bits per heavy atom. The van der Waals surface area contributed by atoms with Crippen molar-refractivity contribution < 1.29 is 14.3 Å². The van der Waals surface area contributed by atoms with Gasteiger partial charge in [-0.3, -0.25) is 9.59 Å². The van der Waals surface area contributed by atoms with Crippen molar-refractivity contribution in [2.45, 2.75) is 58.2 Å². The van der Waals surface area contributed by atoms with Gasteiger partial charge in [0.1, 0.15) is 23.1 Å². The number of thiazole rings is 1. The van der Waals surface area contributed by atoms with E-state index in [0.717, 1.165) is 53.1 Å². The minimum absolute atomic E-state index is 0.105. The van der Waals surface area contributed by atoms with Gasteiger partial charge in [0.05, 0.1) is 0 Å². The van der Waals surface area contributed by atoms with Crippen molar-refractivity contribution in [1.82, 2.24) is 15.6 Å². The maximum Gasteiger partial charge on any atom is 0.271 e. The largest absolute Gasteiger partial charge is 0.486 e. The van der Waals surface area contributed by atoms with E-state index in [1.165, 1.54) is 11.3 Å². The normalized spacial score (nSPS) is 17.8. The number of ether oxygens (including phenoxy) is 1. The summed E-state index contributed by atoms with van der Waals surface area (Å²) in [5.74, 6) is 0.426. The smallest absolute Gasteiger partial charge is 0.271 e. The number of hydrogen-bond acceptors (Lipinski definition) is 5. The van der Waals surface area contributed by atoms with Crippen molar-refractivity contribution in [2.24, 2.45) is 0 Å². The van der Waals surface area contributed by atoms with Gasteiger partial charge < -0.3 is 15.4 Å². The number of carbonyl (C=O) groups excluding carboxylic acids is 2. The van der Waals surface area contributed by atoms with Crippen LogP contribution >= 0.6 is 11.3 Å². The summed E-state index contributed by atoms with van der Waals surface area (Å²) < 4.78 is 5.87. The minimum atomic E-state index is -0.218. The average molecular weight is 490 g/mol. The second kappa shape index (κ2) is 11.8. The summed E-state index contributed by atoms with van der Waals surface area (Å²) >= 11 is 1.41. The quantitative estimate of drug-likeness (QED) is 0.426. The molecule has 0 aliphatic heterocycles. The molecule has 0 saturated heterocycles. The van der Waals surface area contributed by atoms with Crippen LogP contribution in [0.15, 0.2) is 60.0 Å². The highest BCUT2D eigenvalue weighted by Crippen LogP contribution is 2.21. The van der Waals surface area contributed by atoms with E-state index >= 15 is 0 Å². The number of hydrogen-bond donors (Lipinski definition) is 2. The van der Waals surface area contributed by atoms with E-state index in [9.17, 15) is 9.59 Å². The molecule has 1 fully saturated rings. The summed E-state index contributed by atoms with van der Waals surface area (Å²) in [6, 6.07) is 15.5. The Balaban J connectivity index is 1.31. The fourth-order valence-electron chi connectivity index (χ4n) is 4.33. The van der Waals surface area contributed by atoms with E-state index in [0.29, 0.717) is 12.3 Å². The van der Waals surface area contributed by atoms with E-state index in [-0.39, 0.29) is 23.9 Å². The molecule has 1 aliphatic carbocycles. The highest BCUT2D eigenvalue weighted by molar-refractivity contribution is 7.09. The molecular weight excluding hydrogens is 458 g/mol. The molecular formula is C28H31N3O3S. The predicted octanol–water partition coefficient (Wildman–Crippen LogP) is 5.21. The third-order valence-corrected chi connectivity index (χ3v) is 6.80. The molecule has 0 bridgehead atoms. The standard InChI is InChI=1S/C28H31N3O3S/c1-19-14-20(2)16-22(15-19)34-17-27-30-25(18-35-27)28(33)31-24-11-7-6-10-23(24)29-26(32)13-12-21-8-4-3-5-9-21/h3-5,8-9,12-16,18,23-24H,6-7,10-11,17H2,1-2H3,(H,29,32)(H,31,33)/b13-12+. The first-order chi connectivity index (χ1) is 17.0. The third-order valence-electron chi connectivity index (χ3n) is 5.98. The second-order valence-electron chi connectivity index (χ2n) is 8.96. The zero-order valence-corrected chi connectivity index (χ0v) is 20.9. The molecule has 2 aromatic carbocycles. The Hall–Kier alpha value is -3.45. The number of aromatic nitrogens is 1. The van der Waals surface area contributed by atoms with Gasteiger partial charge in [0, 0.05) is 23.5 Å². The van der Waals surface area contributed by atoms with E-state index in [1.54, 1.807) is 17.5 Å². The number of carbonyl (C=O) groups is 2. The minimum Gasteiger partial charge on any atom is -0.486 e. The van der Waals surface area contributed by atoms with Crippen LogP contribution < -0.4 is 15.4 Å². The number of amides is 2. The number of nitrogens with one attached hydrogen (secondary N) is 2. The highest BCUT2D eigenvalue weighted by atomic mass is 32.1. The molecule has 2 amide bonds. The van der Waals surface area contributed by atoms with Crippen molar-refractivity contribution >= 4 is 29.2 Å². The van der Waals surface area contributed by atoms with Crippen LogP contribution in [0.2, 0.25) is 0 Å². The highest BCUT2D eigenvalue weighted by Gasteiger charge is 2.28. The zero-order chi connectivity index (χ0) is 24.6. The fraction of sp³-hybridized carbons (Fsp3) is 0.321. The molecule has 4 rings (SSSR count). The summed E-state index contributed by atoms with van der Waals surface area (Å²) in [5, 5.41) is 8.67. The SMILES string of the molecule is Cc1cc(C)cc(OCc2nc(C(=O)NC3CCCCC3NC(=O)/C=C/c3ccccc3)cs2)c1. The second-order valence-corrected chi connectivity index (χ2v) is 9.90. The first kappa shape index (κ1) is 24.7. The molecule has 0 spiro atoms. The van der Waals surface area contributed by atoms with Crippen LogP contribution in [0.25, 0.3) is 6.08 Å². The molecule has 2 unspecified atom stereocenters. The Kier molecular flexibility index (Phi) is 8.32. The topological polar surface area (TPSA) is 80.3 Å². The summed E-state index contributed by atoms with van der Waals surface area (Å²) in [5.41, 5.74) is 3.64. The lowest BCUT2D eigenvalue weighted by atomic mass is 9.90. The molecule has 1 saturated carbocycles. The maximum atomic E-state index is 12.9. The van der Waals surface area contributed by atoms with Crippen LogP contribution in [0.3, 0.4) is 0 Å². The van der Waals surface area contributed by atoms with Crippen LogP contribution in [0, 0.1) is 13.8 Å². The van der Waals surface area contributed by atoms with Gasteiger partial charge in [0.25, 0.3) is 5.91 Å². The summed E-state index contributed by atoms with van der Waals surface area (Å²) in [6.45, 7) is 4.38. The lowest BCUT2D eigenvalue weighted by Crippen LogP contribution is -2.53. The molecule has 0 radical (unpaired) electrons. The van der Waals surface area contributed by atoms with Crippen molar-refractivity contribution in [2.75, 3.05) is 0 Å². The van der Waals surface area contributed by atoms with Gasteiger partial charge in [-0.1, -0.05) is 49.2 Å². The van der Waals surface area contributed by atoms with Crippen LogP contribution in [-0.2, 0) is 11.4 Å². The fourth-order valence-corrected chi connectivity index (χ4v) is 5.01. The Labute approximate surface area is 210 Å². The van der Waals surface area contributed by atoms with Crippen LogP contribution in [-0.4, -0.2) is 28.9 Å². The van der Waals surface area contributed by atoms with Crippen LogP contribution in [0.4, 0.5) is 0 Å². The van der Waals surface area contributed by atoms with Gasteiger partial charge in [0.2, 0.25) is 5.91 Å². The van der Waals surface area contributed by atoms with Crippen molar-refractivity contribution in [1.29, 1.82) is 0 Å². The number of benzene rings is 2. The molecule has 182 valence electrons. The Bertz CT molecular complexity index is 1170. The summed E-state index contributed by atoms with van der Waals surface area (Å²) in [4.78, 5) is 29.8. The molecule has 7 heteroatoms. The molecule has 1 aliphatic rings. The number of nitrogens with zero attached hydrogens (tertiary/aromatic N) is 1. The number of aryl methyl sites for hydroxylation is 2. The molecule has 3 aromatic rings. The zero-order valence-electron chi connectivity index (χ0n) is 20.1. The Morgan fingerprint density at radius 3 is 2.43 bits per heavy atom. The molecule has 6 nitrogen and oxygen atoms in total. The van der Waals surface area contributed by atoms with E-state index in [1.807, 2.05) is 56.3 Å². The predicted molar refractivity (Wildman–Crippen MR) is 139 cm³/mol. The molecule has 35 heavy (non-hydrogen) atoms. The summed E-state index contributed by atoms with van der Waals surface area (Å²) in [7, 11) is 0. The van der Waals surface area contributed by atoms with E-state index in [4.69, 9.17) is 4.74 Å². The van der Waals surface area contributed by atoms with Crippen LogP contribution in [0.1, 0.15) is 57.9 Å².